The van der Waals surface area contributed by atoms with Gasteiger partial charge in [-0.25, -0.2) is 0 Å². The van der Waals surface area contributed by atoms with Gasteiger partial charge < -0.3 is 14.9 Å². The van der Waals surface area contributed by atoms with Crippen molar-refractivity contribution < 1.29 is 14.7 Å². The molecule has 3 rings (SSSR count). The van der Waals surface area contributed by atoms with Crippen LogP contribution in [0.2, 0.25) is 0 Å². The van der Waals surface area contributed by atoms with E-state index in [1.807, 2.05) is 35.2 Å². The SMILES string of the molecule is O=C(O)CCN(C(=O)c1ccccc1)C1CCN(C2CCCCCCC2)CC1. The second-order valence-corrected chi connectivity index (χ2v) is 8.27. The smallest absolute Gasteiger partial charge is 0.305 e. The van der Waals surface area contributed by atoms with Crippen LogP contribution in [-0.4, -0.2) is 58.5 Å². The lowest BCUT2D eigenvalue weighted by molar-refractivity contribution is -0.137. The zero-order valence-electron chi connectivity index (χ0n) is 16.9. The van der Waals surface area contributed by atoms with Gasteiger partial charge in [0, 0.05) is 37.3 Å². The van der Waals surface area contributed by atoms with Gasteiger partial charge in [0.1, 0.15) is 0 Å². The summed E-state index contributed by atoms with van der Waals surface area (Å²) in [6.07, 6.45) is 11.3. The van der Waals surface area contributed by atoms with Crippen LogP contribution in [0.5, 0.6) is 0 Å². The summed E-state index contributed by atoms with van der Waals surface area (Å²) in [6.45, 7) is 2.32. The Balaban J connectivity index is 1.61. The number of carboxylic acids is 1. The predicted octanol–water partition coefficient (Wildman–Crippen LogP) is 4.18. The molecular weight excluding hydrogens is 352 g/mol. The van der Waals surface area contributed by atoms with Crippen molar-refractivity contribution in [3.05, 3.63) is 35.9 Å². The Labute approximate surface area is 168 Å². The minimum absolute atomic E-state index is 0.00140. The van der Waals surface area contributed by atoms with Crippen LogP contribution in [0.25, 0.3) is 0 Å². The van der Waals surface area contributed by atoms with Crippen LogP contribution in [-0.2, 0) is 4.79 Å². The summed E-state index contributed by atoms with van der Waals surface area (Å²) in [6, 6.07) is 10.1. The molecule has 1 aliphatic heterocycles. The second-order valence-electron chi connectivity index (χ2n) is 8.27. The molecule has 0 bridgehead atoms. The Hall–Kier alpha value is -1.88. The molecule has 1 saturated carbocycles. The molecule has 0 unspecified atom stereocenters. The number of amides is 1. The van der Waals surface area contributed by atoms with E-state index in [0.29, 0.717) is 11.6 Å². The fourth-order valence-electron chi connectivity index (χ4n) is 4.77. The van der Waals surface area contributed by atoms with Gasteiger partial charge in [0.25, 0.3) is 5.91 Å². The number of benzene rings is 1. The van der Waals surface area contributed by atoms with Gasteiger partial charge in [-0.2, -0.15) is 0 Å². The Kier molecular flexibility index (Phi) is 7.90. The van der Waals surface area contributed by atoms with Crippen molar-refractivity contribution in [2.24, 2.45) is 0 Å². The fraction of sp³-hybridized carbons (Fsp3) is 0.652. The highest BCUT2D eigenvalue weighted by molar-refractivity contribution is 5.94. The largest absolute Gasteiger partial charge is 0.481 e. The number of nitrogens with zero attached hydrogens (tertiary/aromatic N) is 2. The van der Waals surface area contributed by atoms with E-state index in [4.69, 9.17) is 5.11 Å². The standard InChI is InChI=1S/C23H34N2O3/c26-22(27)15-18-25(23(28)19-9-5-4-6-10-19)21-13-16-24(17-14-21)20-11-7-2-1-3-8-12-20/h4-6,9-10,20-21H,1-3,7-8,11-18H2,(H,26,27). The average molecular weight is 387 g/mol. The average Bonchev–Trinajstić information content (AvgIpc) is 2.69. The molecule has 5 heteroatoms. The molecule has 1 aliphatic carbocycles. The van der Waals surface area contributed by atoms with Crippen molar-refractivity contribution in [1.82, 2.24) is 9.80 Å². The molecule has 2 aliphatic rings. The number of carboxylic acid groups (broad SMARTS) is 1. The Morgan fingerprint density at radius 1 is 0.929 bits per heavy atom. The lowest BCUT2D eigenvalue weighted by atomic mass is 9.93. The van der Waals surface area contributed by atoms with Crippen molar-refractivity contribution in [2.45, 2.75) is 76.3 Å². The predicted molar refractivity (Wildman–Crippen MR) is 110 cm³/mol. The maximum atomic E-state index is 13.0. The number of piperidine rings is 1. The minimum Gasteiger partial charge on any atom is -0.481 e. The van der Waals surface area contributed by atoms with Gasteiger partial charge in [0.05, 0.1) is 6.42 Å². The Morgan fingerprint density at radius 2 is 1.54 bits per heavy atom. The van der Waals surface area contributed by atoms with E-state index in [1.54, 1.807) is 0 Å². The first-order valence-electron chi connectivity index (χ1n) is 11.0. The highest BCUT2D eigenvalue weighted by atomic mass is 16.4. The lowest BCUT2D eigenvalue weighted by Crippen LogP contribution is -2.50. The highest BCUT2D eigenvalue weighted by Gasteiger charge is 2.31. The summed E-state index contributed by atoms with van der Waals surface area (Å²) in [5.74, 6) is -0.885. The highest BCUT2D eigenvalue weighted by Crippen LogP contribution is 2.26. The molecule has 1 N–H and O–H groups in total. The number of carbonyl (C=O) groups is 2. The number of carbonyl (C=O) groups excluding carboxylic acids is 1. The third kappa shape index (κ3) is 5.81. The van der Waals surface area contributed by atoms with E-state index in [-0.39, 0.29) is 24.9 Å². The fourth-order valence-corrected chi connectivity index (χ4v) is 4.77. The molecule has 0 radical (unpaired) electrons. The van der Waals surface area contributed by atoms with Gasteiger partial charge in [-0.3, -0.25) is 9.59 Å². The molecule has 1 saturated heterocycles. The number of likely N-dealkylation sites (tertiary alicyclic amines) is 1. The molecule has 0 spiro atoms. The number of hydrogen-bond donors (Lipinski definition) is 1. The molecule has 1 amide bonds. The van der Waals surface area contributed by atoms with E-state index in [2.05, 4.69) is 4.90 Å². The van der Waals surface area contributed by atoms with Gasteiger partial charge in [-0.05, 0) is 37.8 Å². The van der Waals surface area contributed by atoms with Gasteiger partial charge in [-0.1, -0.05) is 50.3 Å². The molecule has 1 aromatic carbocycles. The van der Waals surface area contributed by atoms with Crippen molar-refractivity contribution in [2.75, 3.05) is 19.6 Å². The molecule has 28 heavy (non-hydrogen) atoms. The Morgan fingerprint density at radius 3 is 2.14 bits per heavy atom. The Bertz CT molecular complexity index is 618. The summed E-state index contributed by atoms with van der Waals surface area (Å²) in [7, 11) is 0. The summed E-state index contributed by atoms with van der Waals surface area (Å²) >= 11 is 0. The maximum absolute atomic E-state index is 13.0. The molecule has 1 aromatic rings. The number of hydrogen-bond acceptors (Lipinski definition) is 3. The zero-order valence-corrected chi connectivity index (χ0v) is 16.9. The quantitative estimate of drug-likeness (QED) is 0.797. The summed E-state index contributed by atoms with van der Waals surface area (Å²) in [5.41, 5.74) is 0.648. The van der Waals surface area contributed by atoms with E-state index in [1.165, 1.54) is 44.9 Å². The van der Waals surface area contributed by atoms with Gasteiger partial charge in [0.2, 0.25) is 0 Å². The van der Waals surface area contributed by atoms with Crippen LogP contribution in [0.3, 0.4) is 0 Å². The number of aliphatic carboxylic acids is 1. The van der Waals surface area contributed by atoms with E-state index in [9.17, 15) is 9.59 Å². The summed E-state index contributed by atoms with van der Waals surface area (Å²) < 4.78 is 0. The maximum Gasteiger partial charge on any atom is 0.305 e. The van der Waals surface area contributed by atoms with Crippen LogP contribution in [0.1, 0.15) is 74.6 Å². The van der Waals surface area contributed by atoms with Crippen LogP contribution in [0.15, 0.2) is 30.3 Å². The first-order valence-corrected chi connectivity index (χ1v) is 11.0. The number of rotatable bonds is 6. The second kappa shape index (κ2) is 10.6. The van der Waals surface area contributed by atoms with Gasteiger partial charge in [-0.15, -0.1) is 0 Å². The first-order chi connectivity index (χ1) is 13.6. The van der Waals surface area contributed by atoms with Crippen LogP contribution < -0.4 is 0 Å². The normalized spacial score (nSPS) is 20.3. The minimum atomic E-state index is -0.849. The molecule has 154 valence electrons. The van der Waals surface area contributed by atoms with Crippen LogP contribution in [0, 0.1) is 0 Å². The molecule has 2 fully saturated rings. The van der Waals surface area contributed by atoms with Crippen LogP contribution >= 0.6 is 0 Å². The third-order valence-electron chi connectivity index (χ3n) is 6.38. The van der Waals surface area contributed by atoms with E-state index in [0.717, 1.165) is 25.9 Å². The monoisotopic (exact) mass is 386 g/mol. The topological polar surface area (TPSA) is 60.9 Å². The first kappa shape index (κ1) is 20.8. The van der Waals surface area contributed by atoms with Crippen molar-refractivity contribution >= 4 is 11.9 Å². The van der Waals surface area contributed by atoms with Gasteiger partial charge in [0.15, 0.2) is 0 Å². The van der Waals surface area contributed by atoms with E-state index >= 15 is 0 Å². The van der Waals surface area contributed by atoms with Crippen LogP contribution in [0.4, 0.5) is 0 Å². The summed E-state index contributed by atoms with van der Waals surface area (Å²) in [4.78, 5) is 28.6. The van der Waals surface area contributed by atoms with E-state index < -0.39 is 5.97 Å². The molecule has 5 nitrogen and oxygen atoms in total. The van der Waals surface area contributed by atoms with Crippen molar-refractivity contribution in [1.29, 1.82) is 0 Å². The third-order valence-corrected chi connectivity index (χ3v) is 6.38. The molecule has 1 heterocycles. The lowest BCUT2D eigenvalue weighted by Gasteiger charge is -2.42. The van der Waals surface area contributed by atoms with Crippen molar-refractivity contribution in [3.8, 4) is 0 Å². The molecule has 0 aromatic heterocycles. The van der Waals surface area contributed by atoms with Crippen molar-refractivity contribution in [3.63, 3.8) is 0 Å². The molecule has 0 atom stereocenters. The molecular formula is C23H34N2O3. The van der Waals surface area contributed by atoms with Gasteiger partial charge >= 0.3 is 5.97 Å². The zero-order chi connectivity index (χ0) is 19.8. The summed E-state index contributed by atoms with van der Waals surface area (Å²) in [5, 5.41) is 9.13.